The molecule has 1 saturated carbocycles. The maximum atomic E-state index is 12.5. The number of ether oxygens (including phenoxy) is 3. The largest absolute Gasteiger partial charge is 0.459 e. The molecular formula is C17H22O8. The molecule has 8 nitrogen and oxygen atoms in total. The zero-order chi connectivity index (χ0) is 18.4. The highest BCUT2D eigenvalue weighted by atomic mass is 16.7. The summed E-state index contributed by atoms with van der Waals surface area (Å²) in [6.07, 6.45) is -3.87. The molecule has 2 bridgehead atoms. The maximum absolute atomic E-state index is 12.5. The van der Waals surface area contributed by atoms with Crippen LogP contribution in [-0.2, 0) is 23.8 Å². The van der Waals surface area contributed by atoms with Gasteiger partial charge < -0.3 is 29.5 Å². The Kier molecular flexibility index (Phi) is 3.35. The molecule has 5 unspecified atom stereocenters. The van der Waals surface area contributed by atoms with Gasteiger partial charge in [-0.2, -0.15) is 0 Å². The first-order chi connectivity index (χ1) is 11.7. The third-order valence-corrected chi connectivity index (χ3v) is 6.83. The number of carbonyl (C=O) groups is 2. The van der Waals surface area contributed by atoms with Crippen LogP contribution in [0.25, 0.3) is 0 Å². The highest BCUT2D eigenvalue weighted by molar-refractivity contribution is 6.00. The van der Waals surface area contributed by atoms with E-state index in [0.717, 1.165) is 0 Å². The van der Waals surface area contributed by atoms with E-state index in [1.165, 1.54) is 6.92 Å². The van der Waals surface area contributed by atoms with Gasteiger partial charge in [0.05, 0.1) is 30.1 Å². The molecular weight excluding hydrogens is 332 g/mol. The molecule has 2 aliphatic carbocycles. The summed E-state index contributed by atoms with van der Waals surface area (Å²) >= 11 is 0. The fourth-order valence-electron chi connectivity index (χ4n) is 5.37. The number of Topliss-reactive ketones (excluding diaryl/α,β-unsaturated/α-hetero) is 1. The van der Waals surface area contributed by atoms with E-state index in [2.05, 4.69) is 0 Å². The number of aliphatic hydroxyl groups excluding tert-OH is 3. The molecule has 4 rings (SSSR count). The van der Waals surface area contributed by atoms with Gasteiger partial charge in [0, 0.05) is 6.92 Å². The van der Waals surface area contributed by atoms with Crippen molar-refractivity contribution >= 4 is 11.8 Å². The van der Waals surface area contributed by atoms with Gasteiger partial charge in [0.2, 0.25) is 0 Å². The van der Waals surface area contributed by atoms with Gasteiger partial charge in [-0.15, -0.1) is 0 Å². The highest BCUT2D eigenvalue weighted by Gasteiger charge is 2.87. The van der Waals surface area contributed by atoms with E-state index in [9.17, 15) is 24.9 Å². The summed E-state index contributed by atoms with van der Waals surface area (Å²) in [5.41, 5.74) is -3.39. The molecule has 138 valence electrons. The van der Waals surface area contributed by atoms with Crippen molar-refractivity contribution in [3.63, 3.8) is 0 Å². The molecule has 25 heavy (non-hydrogen) atoms. The number of hydrogen-bond donors (Lipinski definition) is 3. The van der Waals surface area contributed by atoms with E-state index < -0.39 is 65.3 Å². The van der Waals surface area contributed by atoms with Gasteiger partial charge >= 0.3 is 5.97 Å². The number of epoxide rings is 1. The molecule has 4 aliphatic rings. The number of esters is 1. The van der Waals surface area contributed by atoms with E-state index >= 15 is 0 Å². The van der Waals surface area contributed by atoms with Crippen molar-refractivity contribution in [1.29, 1.82) is 0 Å². The van der Waals surface area contributed by atoms with Gasteiger partial charge in [-0.25, -0.2) is 0 Å². The summed E-state index contributed by atoms with van der Waals surface area (Å²) in [5, 5.41) is 32.0. The van der Waals surface area contributed by atoms with Crippen molar-refractivity contribution in [3.05, 3.63) is 11.6 Å². The monoisotopic (exact) mass is 354 g/mol. The summed E-state index contributed by atoms with van der Waals surface area (Å²) in [4.78, 5) is 24.1. The lowest BCUT2D eigenvalue weighted by atomic mass is 9.50. The van der Waals surface area contributed by atoms with Crippen molar-refractivity contribution in [1.82, 2.24) is 0 Å². The lowest BCUT2D eigenvalue weighted by molar-refractivity contribution is -0.255. The Bertz CT molecular complexity index is 682. The number of aliphatic hydroxyl groups is 3. The van der Waals surface area contributed by atoms with Gasteiger partial charge in [-0.3, -0.25) is 9.59 Å². The summed E-state index contributed by atoms with van der Waals surface area (Å²) < 4.78 is 17.1. The zero-order valence-corrected chi connectivity index (χ0v) is 14.3. The van der Waals surface area contributed by atoms with Crippen molar-refractivity contribution in [3.8, 4) is 0 Å². The number of fused-ring (bicyclic) bond motifs is 2. The van der Waals surface area contributed by atoms with Crippen LogP contribution in [0.4, 0.5) is 0 Å². The molecule has 1 spiro atoms. The van der Waals surface area contributed by atoms with E-state index in [1.807, 2.05) is 0 Å². The average molecular weight is 354 g/mol. The molecule has 2 heterocycles. The van der Waals surface area contributed by atoms with Crippen molar-refractivity contribution in [2.75, 3.05) is 13.2 Å². The van der Waals surface area contributed by atoms with Gasteiger partial charge in [0.1, 0.15) is 30.0 Å². The smallest absolute Gasteiger partial charge is 0.303 e. The van der Waals surface area contributed by atoms with Crippen LogP contribution < -0.4 is 0 Å². The van der Waals surface area contributed by atoms with Gasteiger partial charge in [-0.1, -0.05) is 6.92 Å². The number of hydrogen-bond acceptors (Lipinski definition) is 8. The van der Waals surface area contributed by atoms with Crippen molar-refractivity contribution < 1.29 is 39.1 Å². The second-order valence-electron chi connectivity index (χ2n) is 7.69. The van der Waals surface area contributed by atoms with Crippen LogP contribution in [0.3, 0.4) is 0 Å². The Hall–Kier alpha value is -1.32. The van der Waals surface area contributed by atoms with Crippen LogP contribution in [0, 0.1) is 10.8 Å². The van der Waals surface area contributed by atoms with E-state index in [-0.39, 0.29) is 6.61 Å². The summed E-state index contributed by atoms with van der Waals surface area (Å²) in [6.45, 7) is 4.11. The minimum absolute atomic E-state index is 0.223. The van der Waals surface area contributed by atoms with Crippen LogP contribution in [0.5, 0.6) is 0 Å². The van der Waals surface area contributed by atoms with Crippen LogP contribution in [0.15, 0.2) is 11.6 Å². The standard InChI is InChI=1S/C17H22O8/c1-7-4-9-16(5-18,12(22)10(7)20)15(3)13(24-8(2)19)11(21)14(25-9)17(15)6-23-17/h4,9,11-14,18,21-22H,5-6H2,1-3H3/t9?,11-,12-,13-,14?,15?,16?,17?/m1/s1. The van der Waals surface area contributed by atoms with Crippen LogP contribution in [0.2, 0.25) is 0 Å². The Labute approximate surface area is 144 Å². The Morgan fingerprint density at radius 3 is 2.60 bits per heavy atom. The molecule has 0 amide bonds. The van der Waals surface area contributed by atoms with E-state index in [1.54, 1.807) is 19.9 Å². The fraction of sp³-hybridized carbons (Fsp3) is 0.765. The number of ketones is 1. The lowest BCUT2D eigenvalue weighted by Crippen LogP contribution is -2.72. The SMILES string of the molecule is CC(=O)O[C@@H]1[C@@H](O)C2OC3C=C(C)C(=O)[C@@H](O)C3(CO)C1(C)C21CO1. The van der Waals surface area contributed by atoms with Gasteiger partial charge in [-0.05, 0) is 18.6 Å². The number of rotatable bonds is 2. The summed E-state index contributed by atoms with van der Waals surface area (Å²) in [5.74, 6) is -1.13. The van der Waals surface area contributed by atoms with Crippen LogP contribution in [-0.4, -0.2) is 76.4 Å². The molecule has 2 aliphatic heterocycles. The maximum Gasteiger partial charge on any atom is 0.303 e. The molecule has 0 aromatic rings. The van der Waals surface area contributed by atoms with Crippen molar-refractivity contribution in [2.24, 2.45) is 10.8 Å². The third kappa shape index (κ3) is 1.65. The van der Waals surface area contributed by atoms with Crippen LogP contribution in [0.1, 0.15) is 20.8 Å². The van der Waals surface area contributed by atoms with E-state index in [4.69, 9.17) is 14.2 Å². The quantitative estimate of drug-likeness (QED) is 0.413. The Balaban J connectivity index is 1.96. The van der Waals surface area contributed by atoms with Crippen LogP contribution >= 0.6 is 0 Å². The predicted molar refractivity (Wildman–Crippen MR) is 81.3 cm³/mol. The van der Waals surface area contributed by atoms with Gasteiger partial charge in [0.25, 0.3) is 0 Å². The highest BCUT2D eigenvalue weighted by Crippen LogP contribution is 2.71. The first-order valence-corrected chi connectivity index (χ1v) is 8.33. The summed E-state index contributed by atoms with van der Waals surface area (Å²) in [6, 6.07) is 0. The first kappa shape index (κ1) is 17.1. The molecule has 3 N–H and O–H groups in total. The van der Waals surface area contributed by atoms with Crippen molar-refractivity contribution in [2.45, 2.75) is 56.9 Å². The minimum atomic E-state index is -1.57. The first-order valence-electron chi connectivity index (χ1n) is 8.33. The number of carbonyl (C=O) groups excluding carboxylic acids is 2. The predicted octanol–water partition coefficient (Wildman–Crippen LogP) is -1.30. The molecule has 0 aromatic carbocycles. The third-order valence-electron chi connectivity index (χ3n) is 6.83. The Morgan fingerprint density at radius 1 is 1.44 bits per heavy atom. The normalized spacial score (nSPS) is 53.4. The second-order valence-corrected chi connectivity index (χ2v) is 7.69. The summed E-state index contributed by atoms with van der Waals surface area (Å²) in [7, 11) is 0. The fourth-order valence-corrected chi connectivity index (χ4v) is 5.37. The molecule has 0 radical (unpaired) electrons. The lowest BCUT2D eigenvalue weighted by Gasteiger charge is -2.58. The van der Waals surface area contributed by atoms with E-state index in [0.29, 0.717) is 5.57 Å². The topological polar surface area (TPSA) is 126 Å². The molecule has 3 fully saturated rings. The zero-order valence-electron chi connectivity index (χ0n) is 14.3. The molecule has 2 saturated heterocycles. The second kappa shape index (κ2) is 4.89. The molecule has 8 heteroatoms. The van der Waals surface area contributed by atoms with Gasteiger partial charge in [0.15, 0.2) is 5.78 Å². The molecule has 8 atom stereocenters. The Morgan fingerprint density at radius 2 is 2.08 bits per heavy atom. The average Bonchev–Trinajstić information content (AvgIpc) is 3.33. The minimum Gasteiger partial charge on any atom is -0.459 e. The molecule has 0 aromatic heterocycles.